The maximum atomic E-state index is 12.9. The van der Waals surface area contributed by atoms with Crippen LogP contribution in [0.5, 0.6) is 0 Å². The molecule has 1 fully saturated rings. The van der Waals surface area contributed by atoms with E-state index in [-0.39, 0.29) is 11.3 Å². The number of halogens is 3. The van der Waals surface area contributed by atoms with Crippen molar-refractivity contribution in [3.05, 3.63) is 47.2 Å². The lowest BCUT2D eigenvalue weighted by molar-refractivity contribution is -0.222. The van der Waals surface area contributed by atoms with Crippen LogP contribution in [-0.2, 0) is 32.3 Å². The highest BCUT2D eigenvalue weighted by atomic mass is 19.4. The van der Waals surface area contributed by atoms with E-state index in [1.54, 1.807) is 24.3 Å². The number of ether oxygens (including phenoxy) is 2. The lowest BCUT2D eigenvalue weighted by Crippen LogP contribution is -2.41. The summed E-state index contributed by atoms with van der Waals surface area (Å²) in [4.78, 5) is 24.2. The van der Waals surface area contributed by atoms with E-state index >= 15 is 0 Å². The Morgan fingerprint density at radius 3 is 2.26 bits per heavy atom. The third kappa shape index (κ3) is 3.71. The molecule has 1 aromatic carbocycles. The lowest BCUT2D eigenvalue weighted by Gasteiger charge is -2.29. The topological polar surface area (TPSA) is 70.4 Å². The number of carbonyl (C=O) groups excluding carboxylic acids is 2. The quantitative estimate of drug-likeness (QED) is 0.454. The predicted molar refractivity (Wildman–Crippen MR) is 87.9 cm³/mol. The monoisotopic (exact) mass is 380 g/mol. The average molecular weight is 380 g/mol. The number of nitrogens with zero attached hydrogens (tertiary/aromatic N) is 2. The van der Waals surface area contributed by atoms with Gasteiger partial charge in [0.15, 0.2) is 5.69 Å². The fraction of sp³-hybridized carbons (Fsp3) is 0.278. The molecular formula is C18H15F3N2O4. The first kappa shape index (κ1) is 18.7. The van der Waals surface area contributed by atoms with Gasteiger partial charge in [0.1, 0.15) is 5.57 Å². The van der Waals surface area contributed by atoms with E-state index in [9.17, 15) is 22.8 Å². The third-order valence-corrected chi connectivity index (χ3v) is 3.82. The van der Waals surface area contributed by atoms with E-state index in [0.29, 0.717) is 11.1 Å². The second kappa shape index (κ2) is 6.26. The Balaban J connectivity index is 2.07. The van der Waals surface area contributed by atoms with Gasteiger partial charge in [0, 0.05) is 26.5 Å². The molecule has 1 aliphatic heterocycles. The number of aryl methyl sites for hydroxylation is 1. The summed E-state index contributed by atoms with van der Waals surface area (Å²) in [6.45, 7) is 2.84. The van der Waals surface area contributed by atoms with Gasteiger partial charge in [-0.05, 0) is 17.7 Å². The van der Waals surface area contributed by atoms with Crippen molar-refractivity contribution in [3.63, 3.8) is 0 Å². The molecule has 0 unspecified atom stereocenters. The first-order valence-corrected chi connectivity index (χ1v) is 7.87. The Hall–Kier alpha value is -3.10. The van der Waals surface area contributed by atoms with Crippen molar-refractivity contribution in [2.24, 2.45) is 7.05 Å². The Morgan fingerprint density at radius 2 is 1.70 bits per heavy atom. The molecule has 0 aliphatic carbocycles. The predicted octanol–water partition coefficient (Wildman–Crippen LogP) is 3.33. The molecule has 27 heavy (non-hydrogen) atoms. The van der Waals surface area contributed by atoms with Crippen molar-refractivity contribution < 1.29 is 32.2 Å². The molecule has 142 valence electrons. The van der Waals surface area contributed by atoms with Gasteiger partial charge in [-0.2, -0.15) is 18.3 Å². The van der Waals surface area contributed by atoms with Crippen molar-refractivity contribution in [3.8, 4) is 11.3 Å². The van der Waals surface area contributed by atoms with Crippen LogP contribution in [-0.4, -0.2) is 27.5 Å². The molecule has 0 bridgehead atoms. The number of cyclic esters (lactones) is 2. The number of hydrogen-bond acceptors (Lipinski definition) is 5. The Bertz CT molecular complexity index is 936. The number of carbonyl (C=O) groups is 2. The van der Waals surface area contributed by atoms with Crippen LogP contribution in [0.2, 0.25) is 0 Å². The van der Waals surface area contributed by atoms with Gasteiger partial charge >= 0.3 is 18.1 Å². The second-order valence-corrected chi connectivity index (χ2v) is 6.36. The third-order valence-electron chi connectivity index (χ3n) is 3.82. The first-order chi connectivity index (χ1) is 12.5. The van der Waals surface area contributed by atoms with Crippen LogP contribution in [0.1, 0.15) is 25.1 Å². The minimum atomic E-state index is -4.59. The van der Waals surface area contributed by atoms with Crippen molar-refractivity contribution in [1.29, 1.82) is 0 Å². The van der Waals surface area contributed by atoms with Gasteiger partial charge in [-0.25, -0.2) is 9.59 Å². The van der Waals surface area contributed by atoms with Gasteiger partial charge in [0.25, 0.3) is 5.79 Å². The summed E-state index contributed by atoms with van der Waals surface area (Å²) in [5, 5.41) is 3.48. The van der Waals surface area contributed by atoms with E-state index < -0.39 is 29.6 Å². The highest BCUT2D eigenvalue weighted by Gasteiger charge is 2.39. The van der Waals surface area contributed by atoms with E-state index in [4.69, 9.17) is 9.47 Å². The summed E-state index contributed by atoms with van der Waals surface area (Å²) in [5.74, 6) is -3.12. The van der Waals surface area contributed by atoms with Gasteiger partial charge in [-0.15, -0.1) is 0 Å². The zero-order valence-corrected chi connectivity index (χ0v) is 14.6. The van der Waals surface area contributed by atoms with Gasteiger partial charge in [0.2, 0.25) is 0 Å². The standard InChI is InChI=1S/C18H15F3N2O4/c1-17(2)26-15(24)12(16(25)27-17)8-10-6-4-5-7-11(10)13-9-14(18(19,20)21)22-23(13)3/h4-9H,1-3H3. The SMILES string of the molecule is Cn1nc(C(F)(F)F)cc1-c1ccccc1C=C1C(=O)OC(C)(C)OC1=O. The van der Waals surface area contributed by atoms with Crippen LogP contribution >= 0.6 is 0 Å². The van der Waals surface area contributed by atoms with Crippen molar-refractivity contribution in [1.82, 2.24) is 9.78 Å². The summed E-state index contributed by atoms with van der Waals surface area (Å²) in [7, 11) is 1.38. The number of esters is 2. The minimum Gasteiger partial charge on any atom is -0.419 e. The molecule has 0 spiro atoms. The van der Waals surface area contributed by atoms with Crippen molar-refractivity contribution in [2.45, 2.75) is 25.8 Å². The number of aromatic nitrogens is 2. The number of hydrogen-bond donors (Lipinski definition) is 0. The molecule has 0 radical (unpaired) electrons. The van der Waals surface area contributed by atoms with Crippen LogP contribution in [0.4, 0.5) is 13.2 Å². The normalized spacial score (nSPS) is 16.7. The Kier molecular flexibility index (Phi) is 4.33. The molecule has 1 aliphatic rings. The maximum absolute atomic E-state index is 12.9. The molecule has 1 aromatic heterocycles. The summed E-state index contributed by atoms with van der Waals surface area (Å²) in [5.41, 5.74) is -0.507. The van der Waals surface area contributed by atoms with Gasteiger partial charge in [-0.1, -0.05) is 24.3 Å². The number of benzene rings is 1. The van der Waals surface area contributed by atoms with Crippen molar-refractivity contribution >= 4 is 18.0 Å². The van der Waals surface area contributed by atoms with Gasteiger partial charge in [0.05, 0.1) is 5.69 Å². The molecule has 2 heterocycles. The highest BCUT2D eigenvalue weighted by Crippen LogP contribution is 2.33. The maximum Gasteiger partial charge on any atom is 0.435 e. The van der Waals surface area contributed by atoms with E-state index in [1.165, 1.54) is 27.0 Å². The summed E-state index contributed by atoms with van der Waals surface area (Å²) in [6, 6.07) is 7.27. The molecule has 0 atom stereocenters. The zero-order valence-electron chi connectivity index (χ0n) is 14.6. The largest absolute Gasteiger partial charge is 0.435 e. The number of rotatable bonds is 2. The molecule has 6 nitrogen and oxygen atoms in total. The smallest absolute Gasteiger partial charge is 0.419 e. The molecule has 0 amide bonds. The van der Waals surface area contributed by atoms with Crippen LogP contribution in [0.3, 0.4) is 0 Å². The van der Waals surface area contributed by atoms with Crippen molar-refractivity contribution in [2.75, 3.05) is 0 Å². The highest BCUT2D eigenvalue weighted by molar-refractivity contribution is 6.19. The lowest BCUT2D eigenvalue weighted by atomic mass is 10.0. The zero-order chi connectivity index (χ0) is 20.0. The Morgan fingerprint density at radius 1 is 1.11 bits per heavy atom. The molecule has 9 heteroatoms. The van der Waals surface area contributed by atoms with Gasteiger partial charge in [-0.3, -0.25) is 4.68 Å². The van der Waals surface area contributed by atoms with E-state index in [1.807, 2.05) is 0 Å². The Labute approximate surface area is 152 Å². The van der Waals surface area contributed by atoms with Crippen LogP contribution < -0.4 is 0 Å². The van der Waals surface area contributed by atoms with Crippen LogP contribution in [0.25, 0.3) is 17.3 Å². The molecule has 0 N–H and O–H groups in total. The molecule has 0 saturated carbocycles. The van der Waals surface area contributed by atoms with E-state index in [0.717, 1.165) is 10.7 Å². The average Bonchev–Trinajstić information content (AvgIpc) is 2.92. The minimum absolute atomic E-state index is 0.174. The molecule has 1 saturated heterocycles. The second-order valence-electron chi connectivity index (χ2n) is 6.36. The fourth-order valence-electron chi connectivity index (χ4n) is 2.65. The number of alkyl halides is 3. The van der Waals surface area contributed by atoms with Crippen LogP contribution in [0.15, 0.2) is 35.9 Å². The molecule has 2 aromatic rings. The summed E-state index contributed by atoms with van der Waals surface area (Å²) >= 11 is 0. The molecular weight excluding hydrogens is 365 g/mol. The van der Waals surface area contributed by atoms with Gasteiger partial charge < -0.3 is 9.47 Å². The molecule has 3 rings (SSSR count). The van der Waals surface area contributed by atoms with E-state index in [2.05, 4.69) is 5.10 Å². The first-order valence-electron chi connectivity index (χ1n) is 7.87. The van der Waals surface area contributed by atoms with Crippen LogP contribution in [0, 0.1) is 0 Å². The fourth-order valence-corrected chi connectivity index (χ4v) is 2.65. The summed E-state index contributed by atoms with van der Waals surface area (Å²) < 4.78 is 50.0. The summed E-state index contributed by atoms with van der Waals surface area (Å²) in [6.07, 6.45) is -3.36.